The van der Waals surface area contributed by atoms with E-state index in [0.29, 0.717) is 19.6 Å². The zero-order valence-corrected chi connectivity index (χ0v) is 15.0. The van der Waals surface area contributed by atoms with E-state index in [9.17, 15) is 9.59 Å². The molecule has 0 bridgehead atoms. The molecule has 1 fully saturated rings. The quantitative estimate of drug-likeness (QED) is 0.910. The highest BCUT2D eigenvalue weighted by atomic mass is 16.2. The first kappa shape index (κ1) is 17.7. The van der Waals surface area contributed by atoms with E-state index in [-0.39, 0.29) is 11.8 Å². The van der Waals surface area contributed by atoms with Crippen LogP contribution in [0.2, 0.25) is 0 Å². The summed E-state index contributed by atoms with van der Waals surface area (Å²) in [6.07, 6.45) is 7.27. The predicted octanol–water partition coefficient (Wildman–Crippen LogP) is 1.93. The van der Waals surface area contributed by atoms with Crippen molar-refractivity contribution >= 4 is 17.9 Å². The highest BCUT2D eigenvalue weighted by Crippen LogP contribution is 2.21. The predicted molar refractivity (Wildman–Crippen MR) is 99.4 cm³/mol. The van der Waals surface area contributed by atoms with E-state index >= 15 is 0 Å². The Morgan fingerprint density at radius 2 is 2.04 bits per heavy atom. The minimum Gasteiger partial charge on any atom is -0.355 e. The van der Waals surface area contributed by atoms with Crippen LogP contribution in [-0.2, 0) is 11.2 Å². The fraction of sp³-hybridized carbons (Fsp3) is 0.500. The summed E-state index contributed by atoms with van der Waals surface area (Å²) >= 11 is 0. The Balaban J connectivity index is 1.61. The molecule has 0 unspecified atom stereocenters. The lowest BCUT2D eigenvalue weighted by Gasteiger charge is -2.22. The van der Waals surface area contributed by atoms with Crippen molar-refractivity contribution in [3.05, 3.63) is 41.0 Å². The first-order valence-corrected chi connectivity index (χ1v) is 9.25. The molecule has 3 rings (SSSR count). The Labute approximate surface area is 149 Å². The van der Waals surface area contributed by atoms with E-state index in [1.807, 2.05) is 17.9 Å². The molecule has 0 radical (unpaired) electrons. The number of hydrogen-bond donors (Lipinski definition) is 1. The molecule has 5 heteroatoms. The molecule has 0 spiro atoms. The Kier molecular flexibility index (Phi) is 5.87. The zero-order valence-electron chi connectivity index (χ0n) is 15.0. The average Bonchev–Trinajstić information content (AvgIpc) is 2.86. The third-order valence-corrected chi connectivity index (χ3v) is 4.88. The van der Waals surface area contributed by atoms with Crippen LogP contribution in [-0.4, -0.2) is 60.9 Å². The maximum Gasteiger partial charge on any atom is 0.253 e. The minimum absolute atomic E-state index is 0.0602. The molecule has 0 aromatic heterocycles. The molecule has 1 aliphatic carbocycles. The van der Waals surface area contributed by atoms with E-state index in [2.05, 4.69) is 34.5 Å². The molecule has 2 amide bonds. The van der Waals surface area contributed by atoms with Crippen LogP contribution >= 0.6 is 0 Å². The first-order valence-electron chi connectivity index (χ1n) is 9.25. The van der Waals surface area contributed by atoms with E-state index in [1.54, 1.807) is 0 Å². The van der Waals surface area contributed by atoms with Gasteiger partial charge in [-0.2, -0.15) is 0 Å². The summed E-state index contributed by atoms with van der Waals surface area (Å²) in [4.78, 5) is 28.7. The number of amides is 2. The number of fused-ring (bicyclic) bond motifs is 1. The average molecular weight is 341 g/mol. The lowest BCUT2D eigenvalue weighted by atomic mass is 9.95. The molecule has 134 valence electrons. The normalized spacial score (nSPS) is 17.7. The maximum atomic E-state index is 12.9. The van der Waals surface area contributed by atoms with Crippen molar-refractivity contribution in [3.63, 3.8) is 0 Å². The van der Waals surface area contributed by atoms with E-state index in [0.717, 1.165) is 44.5 Å². The van der Waals surface area contributed by atoms with Crippen molar-refractivity contribution in [3.8, 4) is 0 Å². The van der Waals surface area contributed by atoms with Gasteiger partial charge in [0, 0.05) is 38.3 Å². The van der Waals surface area contributed by atoms with Gasteiger partial charge in [0.1, 0.15) is 0 Å². The highest BCUT2D eigenvalue weighted by molar-refractivity contribution is 5.94. The van der Waals surface area contributed by atoms with Crippen molar-refractivity contribution in [1.82, 2.24) is 15.1 Å². The number of aryl methyl sites for hydroxylation is 1. The van der Waals surface area contributed by atoms with Crippen LogP contribution in [0, 0.1) is 0 Å². The lowest BCUT2D eigenvalue weighted by Crippen LogP contribution is -2.40. The van der Waals surface area contributed by atoms with Crippen molar-refractivity contribution in [2.75, 3.05) is 39.3 Å². The number of carbonyl (C=O) groups is 2. The Morgan fingerprint density at radius 1 is 1.16 bits per heavy atom. The van der Waals surface area contributed by atoms with Gasteiger partial charge >= 0.3 is 0 Å². The number of likely N-dealkylation sites (N-methyl/N-ethyl adjacent to an activating group) is 1. The number of benzene rings is 1. The van der Waals surface area contributed by atoms with Crippen LogP contribution in [0.15, 0.2) is 24.3 Å². The summed E-state index contributed by atoms with van der Waals surface area (Å²) in [5, 5.41) is 2.84. The standard InChI is InChI=1S/C20H27N3O2/c1-2-21-19(24)15-22-10-5-11-23(13-12-22)20(25)18-9-8-16-6-3-4-7-17(16)14-18/h3,6,8-9,14H,2,4-5,7,10-13,15H2,1H3,(H,21,24). The largest absolute Gasteiger partial charge is 0.355 e. The van der Waals surface area contributed by atoms with Gasteiger partial charge in [0.15, 0.2) is 0 Å². The van der Waals surface area contributed by atoms with Crippen molar-refractivity contribution in [2.24, 2.45) is 0 Å². The summed E-state index contributed by atoms with van der Waals surface area (Å²) in [6.45, 7) is 6.03. The van der Waals surface area contributed by atoms with Crippen LogP contribution in [0.4, 0.5) is 0 Å². The van der Waals surface area contributed by atoms with E-state index in [1.165, 1.54) is 11.1 Å². The van der Waals surface area contributed by atoms with Gasteiger partial charge in [-0.05, 0) is 49.4 Å². The van der Waals surface area contributed by atoms with Crippen LogP contribution in [0.1, 0.15) is 41.3 Å². The van der Waals surface area contributed by atoms with Gasteiger partial charge < -0.3 is 10.2 Å². The van der Waals surface area contributed by atoms with Crippen molar-refractivity contribution in [1.29, 1.82) is 0 Å². The van der Waals surface area contributed by atoms with Crippen LogP contribution in [0.5, 0.6) is 0 Å². The van der Waals surface area contributed by atoms with Crippen LogP contribution in [0.25, 0.3) is 6.08 Å². The third-order valence-electron chi connectivity index (χ3n) is 4.88. The smallest absolute Gasteiger partial charge is 0.253 e. The summed E-state index contributed by atoms with van der Waals surface area (Å²) in [5.41, 5.74) is 3.28. The number of allylic oxidation sites excluding steroid dienone is 1. The zero-order chi connectivity index (χ0) is 17.6. The number of carbonyl (C=O) groups excluding carboxylic acids is 2. The number of rotatable bonds is 4. The monoisotopic (exact) mass is 341 g/mol. The maximum absolute atomic E-state index is 12.9. The summed E-state index contributed by atoms with van der Waals surface area (Å²) in [6, 6.07) is 6.05. The topological polar surface area (TPSA) is 52.7 Å². The first-order chi connectivity index (χ1) is 12.2. The van der Waals surface area contributed by atoms with Gasteiger partial charge in [0.25, 0.3) is 5.91 Å². The molecule has 1 N–H and O–H groups in total. The Bertz CT molecular complexity index is 669. The summed E-state index contributed by atoms with van der Waals surface area (Å²) in [5.74, 6) is 0.169. The molecule has 0 atom stereocenters. The second-order valence-electron chi connectivity index (χ2n) is 6.73. The Hall–Kier alpha value is -2.14. The number of hydrogen-bond acceptors (Lipinski definition) is 3. The second kappa shape index (κ2) is 8.30. The summed E-state index contributed by atoms with van der Waals surface area (Å²) < 4.78 is 0. The number of nitrogens with zero attached hydrogens (tertiary/aromatic N) is 2. The molecular formula is C20H27N3O2. The van der Waals surface area contributed by atoms with Gasteiger partial charge in [-0.3, -0.25) is 14.5 Å². The molecule has 1 aromatic carbocycles. The van der Waals surface area contributed by atoms with Gasteiger partial charge in [-0.25, -0.2) is 0 Å². The molecule has 25 heavy (non-hydrogen) atoms. The SMILES string of the molecule is CCNC(=O)CN1CCCN(C(=O)c2ccc3c(c2)CCC=C3)CC1. The third kappa shape index (κ3) is 4.48. The molecule has 1 heterocycles. The fourth-order valence-corrected chi connectivity index (χ4v) is 3.54. The van der Waals surface area contributed by atoms with Gasteiger partial charge in [-0.1, -0.05) is 18.2 Å². The molecule has 1 aromatic rings. The molecule has 2 aliphatic rings. The van der Waals surface area contributed by atoms with E-state index < -0.39 is 0 Å². The molecule has 1 aliphatic heterocycles. The van der Waals surface area contributed by atoms with Crippen molar-refractivity contribution < 1.29 is 9.59 Å². The van der Waals surface area contributed by atoms with Crippen LogP contribution in [0.3, 0.4) is 0 Å². The summed E-state index contributed by atoms with van der Waals surface area (Å²) in [7, 11) is 0. The van der Waals surface area contributed by atoms with Gasteiger partial charge in [-0.15, -0.1) is 0 Å². The van der Waals surface area contributed by atoms with Gasteiger partial charge in [0.2, 0.25) is 5.91 Å². The second-order valence-corrected chi connectivity index (χ2v) is 6.73. The molecule has 0 saturated carbocycles. The molecule has 5 nitrogen and oxygen atoms in total. The van der Waals surface area contributed by atoms with E-state index in [4.69, 9.17) is 0 Å². The minimum atomic E-state index is 0.0602. The highest BCUT2D eigenvalue weighted by Gasteiger charge is 2.22. The molecular weight excluding hydrogens is 314 g/mol. The fourth-order valence-electron chi connectivity index (χ4n) is 3.54. The number of nitrogens with one attached hydrogen (secondary N) is 1. The van der Waals surface area contributed by atoms with Crippen LogP contribution < -0.4 is 5.32 Å². The lowest BCUT2D eigenvalue weighted by molar-refractivity contribution is -0.122. The molecule has 1 saturated heterocycles. The Morgan fingerprint density at radius 3 is 2.88 bits per heavy atom. The van der Waals surface area contributed by atoms with Gasteiger partial charge in [0.05, 0.1) is 6.54 Å². The van der Waals surface area contributed by atoms with Crippen molar-refractivity contribution in [2.45, 2.75) is 26.2 Å².